The minimum absolute atomic E-state index is 0.0629. The number of benzene rings is 2. The highest BCUT2D eigenvalue weighted by molar-refractivity contribution is 5.76. The summed E-state index contributed by atoms with van der Waals surface area (Å²) in [5, 5.41) is 7.83. The van der Waals surface area contributed by atoms with Gasteiger partial charge in [-0.05, 0) is 56.2 Å². The molecule has 1 aromatic heterocycles. The molecule has 1 unspecified atom stereocenters. The molecule has 0 aliphatic carbocycles. The second kappa shape index (κ2) is 10.2. The number of hydrogen-bond donors (Lipinski definition) is 1. The topological polar surface area (TPSA) is 53.4 Å². The van der Waals surface area contributed by atoms with E-state index in [0.29, 0.717) is 6.54 Å². The number of urea groups is 1. The zero-order valence-corrected chi connectivity index (χ0v) is 21.2. The molecule has 3 heterocycles. The van der Waals surface area contributed by atoms with Crippen LogP contribution in [0, 0.1) is 13.8 Å². The molecule has 0 spiro atoms. The Labute approximate surface area is 208 Å². The lowest BCUT2D eigenvalue weighted by Gasteiger charge is -2.43. The van der Waals surface area contributed by atoms with E-state index in [0.717, 1.165) is 51.0 Å². The molecule has 2 aliphatic rings. The predicted molar refractivity (Wildman–Crippen MR) is 139 cm³/mol. The molecule has 0 radical (unpaired) electrons. The van der Waals surface area contributed by atoms with Crippen molar-refractivity contribution in [1.82, 2.24) is 24.9 Å². The van der Waals surface area contributed by atoms with Gasteiger partial charge >= 0.3 is 6.03 Å². The fourth-order valence-corrected chi connectivity index (χ4v) is 5.84. The van der Waals surface area contributed by atoms with Gasteiger partial charge in [-0.2, -0.15) is 5.10 Å². The lowest BCUT2D eigenvalue weighted by molar-refractivity contribution is 0.101. The van der Waals surface area contributed by atoms with Gasteiger partial charge < -0.3 is 10.2 Å². The molecular formula is C29H37N5O. The Bertz CT molecular complexity index is 1160. The Morgan fingerprint density at radius 2 is 1.71 bits per heavy atom. The fourth-order valence-electron chi connectivity index (χ4n) is 5.84. The SMILES string of the molecule is Cc1nn(C)c(C)c1CN1CCC(N2C(=O)NCCCc3ccccc3C2c2ccccc2)CC1. The predicted octanol–water partition coefficient (Wildman–Crippen LogP) is 4.75. The van der Waals surface area contributed by atoms with Crippen molar-refractivity contribution in [2.24, 2.45) is 7.05 Å². The summed E-state index contributed by atoms with van der Waals surface area (Å²) >= 11 is 0. The zero-order valence-electron chi connectivity index (χ0n) is 21.2. The molecular weight excluding hydrogens is 434 g/mol. The van der Waals surface area contributed by atoms with E-state index in [2.05, 4.69) is 88.7 Å². The molecule has 5 rings (SSSR count). The third kappa shape index (κ3) is 4.85. The summed E-state index contributed by atoms with van der Waals surface area (Å²) in [4.78, 5) is 18.4. The number of aryl methyl sites for hydroxylation is 3. The molecule has 0 bridgehead atoms. The van der Waals surface area contributed by atoms with Gasteiger partial charge in [-0.1, -0.05) is 54.6 Å². The van der Waals surface area contributed by atoms with Gasteiger partial charge in [0.2, 0.25) is 0 Å². The maximum Gasteiger partial charge on any atom is 0.318 e. The van der Waals surface area contributed by atoms with Gasteiger partial charge in [0.1, 0.15) is 0 Å². The summed E-state index contributed by atoms with van der Waals surface area (Å²) < 4.78 is 1.98. The Hall–Kier alpha value is -3.12. The second-order valence-corrected chi connectivity index (χ2v) is 10.0. The van der Waals surface area contributed by atoms with Gasteiger partial charge in [-0.25, -0.2) is 4.79 Å². The molecule has 2 aromatic carbocycles. The van der Waals surface area contributed by atoms with E-state index in [1.165, 1.54) is 27.9 Å². The summed E-state index contributed by atoms with van der Waals surface area (Å²) in [6.45, 7) is 7.84. The van der Waals surface area contributed by atoms with Gasteiger partial charge in [0, 0.05) is 50.5 Å². The minimum Gasteiger partial charge on any atom is -0.338 e. The summed E-state index contributed by atoms with van der Waals surface area (Å²) in [7, 11) is 2.02. The zero-order chi connectivity index (χ0) is 24.4. The highest BCUT2D eigenvalue weighted by Crippen LogP contribution is 2.36. The van der Waals surface area contributed by atoms with Crippen LogP contribution >= 0.6 is 0 Å². The second-order valence-electron chi connectivity index (χ2n) is 10.0. The monoisotopic (exact) mass is 471 g/mol. The first-order valence-electron chi connectivity index (χ1n) is 12.9. The van der Waals surface area contributed by atoms with Crippen LogP contribution in [-0.2, 0) is 20.0 Å². The molecule has 6 heteroatoms. The first kappa shape index (κ1) is 23.6. The van der Waals surface area contributed by atoms with Crippen LogP contribution in [0.5, 0.6) is 0 Å². The quantitative estimate of drug-likeness (QED) is 0.598. The molecule has 2 aliphatic heterocycles. The van der Waals surface area contributed by atoms with Crippen molar-refractivity contribution in [2.45, 2.75) is 58.2 Å². The number of fused-ring (bicyclic) bond motifs is 1. The summed E-state index contributed by atoms with van der Waals surface area (Å²) in [5.41, 5.74) is 7.49. The summed E-state index contributed by atoms with van der Waals surface area (Å²) in [6.07, 6.45) is 3.88. The third-order valence-corrected chi connectivity index (χ3v) is 7.87. The molecule has 6 nitrogen and oxygen atoms in total. The van der Waals surface area contributed by atoms with Crippen molar-refractivity contribution in [1.29, 1.82) is 0 Å². The van der Waals surface area contributed by atoms with Crippen LogP contribution in [-0.4, -0.2) is 51.3 Å². The van der Waals surface area contributed by atoms with Crippen LogP contribution in [0.1, 0.15) is 58.9 Å². The number of nitrogens with one attached hydrogen (secondary N) is 1. The third-order valence-electron chi connectivity index (χ3n) is 7.87. The molecule has 184 valence electrons. The molecule has 2 amide bonds. The number of carbonyl (C=O) groups is 1. The number of amides is 2. The van der Waals surface area contributed by atoms with E-state index in [1.54, 1.807) is 0 Å². The van der Waals surface area contributed by atoms with Crippen molar-refractivity contribution in [2.75, 3.05) is 19.6 Å². The van der Waals surface area contributed by atoms with Gasteiger partial charge in [0.25, 0.3) is 0 Å². The summed E-state index contributed by atoms with van der Waals surface area (Å²) in [5.74, 6) is 0. The van der Waals surface area contributed by atoms with E-state index < -0.39 is 0 Å². The van der Waals surface area contributed by atoms with Crippen molar-refractivity contribution >= 4 is 6.03 Å². The van der Waals surface area contributed by atoms with Crippen LogP contribution in [0.25, 0.3) is 0 Å². The number of aromatic nitrogens is 2. The first-order valence-corrected chi connectivity index (χ1v) is 12.9. The van der Waals surface area contributed by atoms with Crippen LogP contribution in [0.4, 0.5) is 4.79 Å². The molecule has 1 saturated heterocycles. The Kier molecular flexibility index (Phi) is 6.91. The largest absolute Gasteiger partial charge is 0.338 e. The van der Waals surface area contributed by atoms with Gasteiger partial charge in [0.05, 0.1) is 11.7 Å². The average Bonchev–Trinajstić information content (AvgIpc) is 3.15. The molecule has 1 N–H and O–H groups in total. The molecule has 1 atom stereocenters. The number of likely N-dealkylation sites (tertiary alicyclic amines) is 1. The molecule has 1 fully saturated rings. The lowest BCUT2D eigenvalue weighted by Crippen LogP contribution is -2.52. The minimum atomic E-state index is -0.0788. The standard InChI is InChI=1S/C29H37N5O/c1-21-27(22(2)32(3)31-21)20-33-18-15-25(16-19-33)34-28(24-11-5-4-6-12-24)26-14-8-7-10-23(26)13-9-17-30-29(34)35/h4-8,10-12,14,25,28H,9,13,15-20H2,1-3H3,(H,30,35). The first-order chi connectivity index (χ1) is 17.0. The van der Waals surface area contributed by atoms with Crippen LogP contribution < -0.4 is 5.32 Å². The number of piperidine rings is 1. The summed E-state index contributed by atoms with van der Waals surface area (Å²) in [6, 6.07) is 19.4. The number of rotatable bonds is 4. The Morgan fingerprint density at radius 1 is 1.00 bits per heavy atom. The van der Waals surface area contributed by atoms with E-state index in [-0.39, 0.29) is 18.1 Å². The number of carbonyl (C=O) groups excluding carboxylic acids is 1. The molecule has 35 heavy (non-hydrogen) atoms. The van der Waals surface area contributed by atoms with Crippen molar-refractivity contribution in [3.05, 3.63) is 88.2 Å². The Morgan fingerprint density at radius 3 is 2.43 bits per heavy atom. The smallest absolute Gasteiger partial charge is 0.318 e. The van der Waals surface area contributed by atoms with Crippen LogP contribution in [0.2, 0.25) is 0 Å². The van der Waals surface area contributed by atoms with Crippen LogP contribution in [0.3, 0.4) is 0 Å². The molecule has 3 aromatic rings. The average molecular weight is 472 g/mol. The van der Waals surface area contributed by atoms with Crippen molar-refractivity contribution < 1.29 is 4.79 Å². The van der Waals surface area contributed by atoms with Gasteiger partial charge in [-0.15, -0.1) is 0 Å². The maximum absolute atomic E-state index is 13.7. The number of nitrogens with zero attached hydrogens (tertiary/aromatic N) is 4. The van der Waals surface area contributed by atoms with Gasteiger partial charge in [0.15, 0.2) is 0 Å². The van der Waals surface area contributed by atoms with Crippen molar-refractivity contribution in [3.63, 3.8) is 0 Å². The maximum atomic E-state index is 13.7. The van der Waals surface area contributed by atoms with E-state index in [1.807, 2.05) is 11.7 Å². The van der Waals surface area contributed by atoms with E-state index in [4.69, 9.17) is 0 Å². The normalized spacial score (nSPS) is 20.0. The van der Waals surface area contributed by atoms with Crippen LogP contribution in [0.15, 0.2) is 54.6 Å². The Balaban J connectivity index is 1.43. The fraction of sp³-hybridized carbons (Fsp3) is 0.448. The van der Waals surface area contributed by atoms with E-state index >= 15 is 0 Å². The van der Waals surface area contributed by atoms with Crippen molar-refractivity contribution in [3.8, 4) is 0 Å². The molecule has 0 saturated carbocycles. The van der Waals surface area contributed by atoms with Gasteiger partial charge in [-0.3, -0.25) is 9.58 Å². The van der Waals surface area contributed by atoms with E-state index in [9.17, 15) is 4.79 Å². The highest BCUT2D eigenvalue weighted by atomic mass is 16.2. The highest BCUT2D eigenvalue weighted by Gasteiger charge is 2.36. The lowest BCUT2D eigenvalue weighted by atomic mass is 9.89. The number of hydrogen-bond acceptors (Lipinski definition) is 3.